The molecule has 0 spiro atoms. The summed E-state index contributed by atoms with van der Waals surface area (Å²) in [6, 6.07) is 1.41. The van der Waals surface area contributed by atoms with Crippen molar-refractivity contribution in [1.82, 2.24) is 5.32 Å². The van der Waals surface area contributed by atoms with Gasteiger partial charge in [-0.25, -0.2) is 4.79 Å². The standard InChI is InChI=1S/C12H19NO5/c1-12(16,4-6-17-2)8-13-7-10-9(11(14)15)3-5-18-10/h3,5,13,16H,4,6-8H2,1-2H3,(H,14,15). The zero-order chi connectivity index (χ0) is 13.6. The summed E-state index contributed by atoms with van der Waals surface area (Å²) in [5, 5.41) is 21.8. The second kappa shape index (κ2) is 6.53. The van der Waals surface area contributed by atoms with Crippen LogP contribution in [0, 0.1) is 0 Å². The largest absolute Gasteiger partial charge is 0.478 e. The molecule has 1 aromatic rings. The van der Waals surface area contributed by atoms with Gasteiger partial charge in [0.1, 0.15) is 11.3 Å². The maximum absolute atomic E-state index is 10.8. The van der Waals surface area contributed by atoms with E-state index < -0.39 is 11.6 Å². The number of carboxylic acids is 1. The van der Waals surface area contributed by atoms with Crippen LogP contribution in [0.4, 0.5) is 0 Å². The summed E-state index contributed by atoms with van der Waals surface area (Å²) in [6.45, 7) is 2.75. The summed E-state index contributed by atoms with van der Waals surface area (Å²) in [5.74, 6) is -0.670. The van der Waals surface area contributed by atoms with Crippen molar-refractivity contribution in [2.24, 2.45) is 0 Å². The Morgan fingerprint density at radius 3 is 2.94 bits per heavy atom. The summed E-state index contributed by atoms with van der Waals surface area (Å²) >= 11 is 0. The fourth-order valence-electron chi connectivity index (χ4n) is 1.52. The molecule has 1 aromatic heterocycles. The molecular weight excluding hydrogens is 238 g/mol. The van der Waals surface area contributed by atoms with Gasteiger partial charge in [-0.1, -0.05) is 0 Å². The van der Waals surface area contributed by atoms with E-state index in [0.29, 0.717) is 25.3 Å². The molecule has 0 saturated heterocycles. The molecule has 0 bridgehead atoms. The third-order valence-corrected chi connectivity index (χ3v) is 2.61. The van der Waals surface area contributed by atoms with E-state index in [1.165, 1.54) is 12.3 Å². The molecule has 0 fully saturated rings. The van der Waals surface area contributed by atoms with Crippen LogP contribution in [-0.4, -0.2) is 42.0 Å². The number of furan rings is 1. The Morgan fingerprint density at radius 1 is 1.61 bits per heavy atom. The zero-order valence-corrected chi connectivity index (χ0v) is 10.6. The van der Waals surface area contributed by atoms with Crippen molar-refractivity contribution in [2.45, 2.75) is 25.5 Å². The van der Waals surface area contributed by atoms with Crippen LogP contribution in [0.2, 0.25) is 0 Å². The molecule has 1 unspecified atom stereocenters. The Labute approximate surface area is 106 Å². The maximum Gasteiger partial charge on any atom is 0.339 e. The SMILES string of the molecule is COCCC(C)(O)CNCc1occc1C(=O)O. The average molecular weight is 257 g/mol. The van der Waals surface area contributed by atoms with E-state index in [1.54, 1.807) is 14.0 Å². The number of nitrogens with one attached hydrogen (secondary N) is 1. The molecule has 1 heterocycles. The van der Waals surface area contributed by atoms with Crippen molar-refractivity contribution < 1.29 is 24.2 Å². The summed E-state index contributed by atoms with van der Waals surface area (Å²) in [6.07, 6.45) is 1.84. The van der Waals surface area contributed by atoms with Gasteiger partial charge in [0, 0.05) is 26.7 Å². The van der Waals surface area contributed by atoms with Crippen molar-refractivity contribution in [3.05, 3.63) is 23.7 Å². The Morgan fingerprint density at radius 2 is 2.33 bits per heavy atom. The number of ether oxygens (including phenoxy) is 1. The molecule has 0 radical (unpaired) electrons. The van der Waals surface area contributed by atoms with Crippen LogP contribution in [0.1, 0.15) is 29.5 Å². The second-order valence-electron chi connectivity index (χ2n) is 4.41. The number of carboxylic acid groups (broad SMARTS) is 1. The lowest BCUT2D eigenvalue weighted by atomic mass is 10.0. The number of hydrogen-bond acceptors (Lipinski definition) is 5. The van der Waals surface area contributed by atoms with Crippen LogP contribution in [-0.2, 0) is 11.3 Å². The van der Waals surface area contributed by atoms with Gasteiger partial charge in [0.05, 0.1) is 18.4 Å². The molecule has 0 amide bonds. The second-order valence-corrected chi connectivity index (χ2v) is 4.41. The van der Waals surface area contributed by atoms with Gasteiger partial charge >= 0.3 is 5.97 Å². The smallest absolute Gasteiger partial charge is 0.339 e. The minimum atomic E-state index is -1.02. The number of aromatic carboxylic acids is 1. The average Bonchev–Trinajstić information content (AvgIpc) is 2.74. The molecule has 102 valence electrons. The topological polar surface area (TPSA) is 91.9 Å². The highest BCUT2D eigenvalue weighted by molar-refractivity contribution is 5.88. The van der Waals surface area contributed by atoms with Gasteiger partial charge in [0.2, 0.25) is 0 Å². The normalized spacial score (nSPS) is 14.4. The lowest BCUT2D eigenvalue weighted by molar-refractivity contribution is 0.0244. The van der Waals surface area contributed by atoms with Gasteiger partial charge in [-0.3, -0.25) is 0 Å². The molecule has 1 atom stereocenters. The number of carbonyl (C=O) groups is 1. The summed E-state index contributed by atoms with van der Waals surface area (Å²) in [7, 11) is 1.57. The summed E-state index contributed by atoms with van der Waals surface area (Å²) < 4.78 is 9.97. The van der Waals surface area contributed by atoms with Crippen LogP contribution >= 0.6 is 0 Å². The lowest BCUT2D eigenvalue weighted by Crippen LogP contribution is -2.38. The van der Waals surface area contributed by atoms with Gasteiger partial charge in [-0.2, -0.15) is 0 Å². The number of aliphatic hydroxyl groups is 1. The van der Waals surface area contributed by atoms with E-state index in [0.717, 1.165) is 0 Å². The van der Waals surface area contributed by atoms with Crippen molar-refractivity contribution in [3.63, 3.8) is 0 Å². The quantitative estimate of drug-likeness (QED) is 0.639. The molecule has 6 nitrogen and oxygen atoms in total. The first-order chi connectivity index (χ1) is 8.46. The van der Waals surface area contributed by atoms with E-state index in [1.807, 2.05) is 0 Å². The molecule has 3 N–H and O–H groups in total. The first kappa shape index (κ1) is 14.7. The number of methoxy groups -OCH3 is 1. The van der Waals surface area contributed by atoms with Crippen molar-refractivity contribution >= 4 is 5.97 Å². The molecule has 0 aliphatic heterocycles. The van der Waals surface area contributed by atoms with Gasteiger partial charge in [-0.05, 0) is 13.0 Å². The Kier molecular flexibility index (Phi) is 5.33. The third-order valence-electron chi connectivity index (χ3n) is 2.61. The van der Waals surface area contributed by atoms with Crippen LogP contribution in [0.5, 0.6) is 0 Å². The van der Waals surface area contributed by atoms with E-state index in [-0.39, 0.29) is 12.1 Å². The third kappa shape index (κ3) is 4.48. The van der Waals surface area contributed by atoms with E-state index in [2.05, 4.69) is 5.32 Å². The number of rotatable bonds is 8. The van der Waals surface area contributed by atoms with Gasteiger partial charge in [-0.15, -0.1) is 0 Å². The fourth-order valence-corrected chi connectivity index (χ4v) is 1.52. The molecule has 6 heteroatoms. The van der Waals surface area contributed by atoms with E-state index >= 15 is 0 Å². The predicted molar refractivity (Wildman–Crippen MR) is 64.5 cm³/mol. The van der Waals surface area contributed by atoms with Crippen LogP contribution < -0.4 is 5.32 Å². The molecule has 0 aromatic carbocycles. The minimum absolute atomic E-state index is 0.138. The predicted octanol–water partition coefficient (Wildman–Crippen LogP) is 0.855. The Hall–Kier alpha value is -1.37. The summed E-state index contributed by atoms with van der Waals surface area (Å²) in [5.41, 5.74) is -0.759. The minimum Gasteiger partial charge on any atom is -0.478 e. The van der Waals surface area contributed by atoms with E-state index in [9.17, 15) is 9.90 Å². The highest BCUT2D eigenvalue weighted by Crippen LogP contribution is 2.12. The zero-order valence-electron chi connectivity index (χ0n) is 10.6. The highest BCUT2D eigenvalue weighted by atomic mass is 16.5. The summed E-state index contributed by atoms with van der Waals surface area (Å²) in [4.78, 5) is 10.8. The lowest BCUT2D eigenvalue weighted by Gasteiger charge is -2.23. The van der Waals surface area contributed by atoms with Crippen molar-refractivity contribution in [2.75, 3.05) is 20.3 Å². The number of hydrogen-bond donors (Lipinski definition) is 3. The molecule has 0 saturated carbocycles. The Bertz CT molecular complexity index is 386. The molecule has 0 aliphatic carbocycles. The molecular formula is C12H19NO5. The van der Waals surface area contributed by atoms with Crippen LogP contribution in [0.3, 0.4) is 0 Å². The maximum atomic E-state index is 10.8. The highest BCUT2D eigenvalue weighted by Gasteiger charge is 2.20. The van der Waals surface area contributed by atoms with Gasteiger partial charge in [0.15, 0.2) is 0 Å². The van der Waals surface area contributed by atoms with Gasteiger partial charge in [0.25, 0.3) is 0 Å². The molecule has 1 rings (SSSR count). The first-order valence-electron chi connectivity index (χ1n) is 5.68. The van der Waals surface area contributed by atoms with Crippen molar-refractivity contribution in [3.8, 4) is 0 Å². The van der Waals surface area contributed by atoms with Crippen molar-refractivity contribution in [1.29, 1.82) is 0 Å². The monoisotopic (exact) mass is 257 g/mol. The molecule has 0 aliphatic rings. The molecule has 18 heavy (non-hydrogen) atoms. The Balaban J connectivity index is 2.41. The van der Waals surface area contributed by atoms with Crippen LogP contribution in [0.25, 0.3) is 0 Å². The first-order valence-corrected chi connectivity index (χ1v) is 5.68. The van der Waals surface area contributed by atoms with Gasteiger partial charge < -0.3 is 24.7 Å². The fraction of sp³-hybridized carbons (Fsp3) is 0.583. The van der Waals surface area contributed by atoms with Crippen LogP contribution in [0.15, 0.2) is 16.7 Å². The van der Waals surface area contributed by atoms with E-state index in [4.69, 9.17) is 14.3 Å².